The zero-order chi connectivity index (χ0) is 13.4. The second kappa shape index (κ2) is 3.26. The number of esters is 1. The van der Waals surface area contributed by atoms with Gasteiger partial charge in [-0.15, -0.1) is 6.58 Å². The zero-order valence-electron chi connectivity index (χ0n) is 10.4. The summed E-state index contributed by atoms with van der Waals surface area (Å²) in [7, 11) is 0. The van der Waals surface area contributed by atoms with Crippen LogP contribution in [0.5, 0.6) is 0 Å². The van der Waals surface area contributed by atoms with Crippen molar-refractivity contribution in [2.75, 3.05) is 0 Å². The first kappa shape index (κ1) is 11.2. The fourth-order valence-corrected chi connectivity index (χ4v) is 4.76. The molecule has 0 aromatic carbocycles. The quantitative estimate of drug-likeness (QED) is 0.569. The molecule has 5 heteroatoms. The number of carbonyl (C=O) groups excluding carboxylic acids is 3. The molecule has 2 aliphatic carbocycles. The Kier molecular flexibility index (Phi) is 1.92. The molecule has 3 saturated heterocycles. The van der Waals surface area contributed by atoms with Gasteiger partial charge < -0.3 is 10.1 Å². The molecular weight excluding hydrogens is 246 g/mol. The smallest absolute Gasteiger partial charge is 0.310 e. The number of carbonyl (C=O) groups is 3. The van der Waals surface area contributed by atoms with E-state index in [1.54, 1.807) is 6.08 Å². The van der Waals surface area contributed by atoms with Crippen molar-refractivity contribution in [3.63, 3.8) is 0 Å². The number of amides is 1. The van der Waals surface area contributed by atoms with Crippen molar-refractivity contribution in [2.24, 2.45) is 23.2 Å². The molecule has 5 fully saturated rings. The molecule has 0 radical (unpaired) electrons. The standard InChI is InChI=1S/C14H15NO4/c1-2-3-14-7-5-8(15-13(14)18)11(16)6-4-9(14)19-12(17)10(6)7/h2,6-10H,1,3-5H2,(H,15,18). The van der Waals surface area contributed by atoms with Crippen molar-refractivity contribution in [1.82, 2.24) is 5.32 Å². The minimum atomic E-state index is -0.686. The number of piperidine rings is 1. The van der Waals surface area contributed by atoms with E-state index in [1.807, 2.05) is 0 Å². The third kappa shape index (κ3) is 1.06. The van der Waals surface area contributed by atoms with Crippen LogP contribution in [0.1, 0.15) is 19.3 Å². The van der Waals surface area contributed by atoms with Crippen LogP contribution in [0.4, 0.5) is 0 Å². The van der Waals surface area contributed by atoms with Crippen molar-refractivity contribution in [2.45, 2.75) is 31.4 Å². The number of fused-ring (bicyclic) bond motifs is 2. The predicted octanol–water partition coefficient (Wildman–Crippen LogP) is 0.198. The molecule has 6 unspecified atom stereocenters. The minimum absolute atomic E-state index is 0.0168. The normalized spacial score (nSPS) is 49.9. The summed E-state index contributed by atoms with van der Waals surface area (Å²) in [5, 5.41) is 2.83. The maximum absolute atomic E-state index is 12.5. The van der Waals surface area contributed by atoms with Gasteiger partial charge in [0.2, 0.25) is 5.91 Å². The number of nitrogens with one attached hydrogen (secondary N) is 1. The summed E-state index contributed by atoms with van der Waals surface area (Å²) >= 11 is 0. The van der Waals surface area contributed by atoms with Crippen molar-refractivity contribution in [1.29, 1.82) is 0 Å². The van der Waals surface area contributed by atoms with E-state index in [0.29, 0.717) is 19.3 Å². The third-order valence-electron chi connectivity index (χ3n) is 5.51. The highest BCUT2D eigenvalue weighted by atomic mass is 16.5. The summed E-state index contributed by atoms with van der Waals surface area (Å²) in [4.78, 5) is 36.8. The van der Waals surface area contributed by atoms with Gasteiger partial charge in [0, 0.05) is 5.92 Å². The minimum Gasteiger partial charge on any atom is -0.461 e. The second-order valence-electron chi connectivity index (χ2n) is 6.10. The van der Waals surface area contributed by atoms with Crippen LogP contribution in [0, 0.1) is 23.2 Å². The molecule has 5 nitrogen and oxygen atoms in total. The van der Waals surface area contributed by atoms with Crippen molar-refractivity contribution in [3.05, 3.63) is 12.7 Å². The summed E-state index contributed by atoms with van der Waals surface area (Å²) in [5.41, 5.74) is -0.686. The van der Waals surface area contributed by atoms with E-state index in [2.05, 4.69) is 11.9 Å². The Morgan fingerprint density at radius 2 is 2.16 bits per heavy atom. The number of Topliss-reactive ketones (excluding diaryl/α,β-unsaturated/α-hetero) is 1. The highest BCUT2D eigenvalue weighted by Crippen LogP contribution is 2.61. The maximum atomic E-state index is 12.5. The predicted molar refractivity (Wildman–Crippen MR) is 63.8 cm³/mol. The molecule has 0 aromatic heterocycles. The van der Waals surface area contributed by atoms with Crippen LogP contribution >= 0.6 is 0 Å². The molecule has 1 N–H and O–H groups in total. The monoisotopic (exact) mass is 261 g/mol. The van der Waals surface area contributed by atoms with E-state index in [1.165, 1.54) is 0 Å². The molecule has 5 rings (SSSR count). The molecule has 5 aliphatic rings. The molecule has 3 aliphatic heterocycles. The average Bonchev–Trinajstić information content (AvgIpc) is 2.38. The largest absolute Gasteiger partial charge is 0.461 e. The first-order valence-corrected chi connectivity index (χ1v) is 6.75. The Morgan fingerprint density at radius 1 is 1.37 bits per heavy atom. The fourth-order valence-electron chi connectivity index (χ4n) is 4.76. The molecule has 1 amide bonds. The van der Waals surface area contributed by atoms with Gasteiger partial charge in [0.05, 0.1) is 17.4 Å². The molecule has 19 heavy (non-hydrogen) atoms. The molecule has 0 aromatic rings. The molecule has 100 valence electrons. The van der Waals surface area contributed by atoms with E-state index < -0.39 is 23.5 Å². The SMILES string of the molecule is C=CCC12C(=O)NC3CC1C1C(=O)OC2CC1C3=O. The molecule has 3 heterocycles. The van der Waals surface area contributed by atoms with Crippen LogP contribution in [0.25, 0.3) is 0 Å². The third-order valence-corrected chi connectivity index (χ3v) is 5.51. The number of ketones is 1. The molecule has 0 spiro atoms. The van der Waals surface area contributed by atoms with Gasteiger partial charge in [-0.05, 0) is 25.2 Å². The first-order valence-electron chi connectivity index (χ1n) is 6.75. The maximum Gasteiger partial charge on any atom is 0.310 e. The van der Waals surface area contributed by atoms with Gasteiger partial charge in [-0.1, -0.05) is 6.08 Å². The number of hydrogen-bond donors (Lipinski definition) is 1. The highest BCUT2D eigenvalue weighted by molar-refractivity contribution is 6.01. The lowest BCUT2D eigenvalue weighted by atomic mass is 9.46. The van der Waals surface area contributed by atoms with Crippen LogP contribution in [-0.4, -0.2) is 29.8 Å². The molecule has 5 bridgehead atoms. The Balaban J connectivity index is 1.91. The van der Waals surface area contributed by atoms with Gasteiger partial charge in [-0.25, -0.2) is 0 Å². The van der Waals surface area contributed by atoms with Crippen molar-refractivity contribution in [3.8, 4) is 0 Å². The first-order chi connectivity index (χ1) is 9.09. The van der Waals surface area contributed by atoms with Crippen LogP contribution < -0.4 is 5.32 Å². The molecule has 2 saturated carbocycles. The van der Waals surface area contributed by atoms with Crippen molar-refractivity contribution >= 4 is 17.7 Å². The number of ether oxygens (including phenoxy) is 1. The van der Waals surface area contributed by atoms with Crippen molar-refractivity contribution < 1.29 is 19.1 Å². The van der Waals surface area contributed by atoms with Gasteiger partial charge in [-0.3, -0.25) is 14.4 Å². The van der Waals surface area contributed by atoms with E-state index in [4.69, 9.17) is 4.74 Å². The average molecular weight is 261 g/mol. The van der Waals surface area contributed by atoms with Gasteiger partial charge >= 0.3 is 5.97 Å². The van der Waals surface area contributed by atoms with Crippen LogP contribution in [0.15, 0.2) is 12.7 Å². The van der Waals surface area contributed by atoms with Crippen LogP contribution in [0.3, 0.4) is 0 Å². The molecule has 6 atom stereocenters. The summed E-state index contributed by atoms with van der Waals surface area (Å²) in [5.74, 6) is -1.14. The topological polar surface area (TPSA) is 72.5 Å². The summed E-state index contributed by atoms with van der Waals surface area (Å²) in [6.45, 7) is 3.74. The van der Waals surface area contributed by atoms with Gasteiger partial charge in [0.1, 0.15) is 6.10 Å². The van der Waals surface area contributed by atoms with Crippen LogP contribution in [-0.2, 0) is 19.1 Å². The van der Waals surface area contributed by atoms with Gasteiger partial charge in [0.15, 0.2) is 5.78 Å². The second-order valence-corrected chi connectivity index (χ2v) is 6.10. The lowest BCUT2D eigenvalue weighted by Crippen LogP contribution is -2.76. The summed E-state index contributed by atoms with van der Waals surface area (Å²) < 4.78 is 5.42. The Labute approximate surface area is 110 Å². The lowest BCUT2D eigenvalue weighted by Gasteiger charge is -2.62. The Bertz CT molecular complexity index is 528. The fraction of sp³-hybridized carbons (Fsp3) is 0.643. The summed E-state index contributed by atoms with van der Waals surface area (Å²) in [6.07, 6.45) is 2.84. The Morgan fingerprint density at radius 3 is 2.89 bits per heavy atom. The van der Waals surface area contributed by atoms with E-state index >= 15 is 0 Å². The number of allylic oxidation sites excluding steroid dienone is 1. The van der Waals surface area contributed by atoms with Gasteiger partial charge in [-0.2, -0.15) is 0 Å². The lowest BCUT2D eigenvalue weighted by molar-refractivity contribution is -0.228. The van der Waals surface area contributed by atoms with E-state index in [-0.39, 0.29) is 29.5 Å². The van der Waals surface area contributed by atoms with E-state index in [0.717, 1.165) is 0 Å². The Hall–Kier alpha value is -1.65. The van der Waals surface area contributed by atoms with Gasteiger partial charge in [0.25, 0.3) is 0 Å². The number of rotatable bonds is 2. The zero-order valence-corrected chi connectivity index (χ0v) is 10.4. The number of hydrogen-bond acceptors (Lipinski definition) is 4. The highest BCUT2D eigenvalue weighted by Gasteiger charge is 2.71. The molecular formula is C14H15NO4. The van der Waals surface area contributed by atoms with E-state index in [9.17, 15) is 14.4 Å². The summed E-state index contributed by atoms with van der Waals surface area (Å²) in [6, 6.07) is -0.399. The van der Waals surface area contributed by atoms with Crippen LogP contribution in [0.2, 0.25) is 0 Å².